The number of carbonyl (C=O) groups is 2. The molecule has 14 heavy (non-hydrogen) atoms. The summed E-state index contributed by atoms with van der Waals surface area (Å²) < 4.78 is 0. The molecule has 0 aliphatic carbocycles. The predicted molar refractivity (Wildman–Crippen MR) is 52.9 cm³/mol. The van der Waals surface area contributed by atoms with Gasteiger partial charge in [-0.1, -0.05) is 6.08 Å². The summed E-state index contributed by atoms with van der Waals surface area (Å²) in [7, 11) is 0. The molecule has 0 aromatic carbocycles. The van der Waals surface area contributed by atoms with Crippen LogP contribution >= 0.6 is 0 Å². The summed E-state index contributed by atoms with van der Waals surface area (Å²) in [6.07, 6.45) is 1.59. The average molecular weight is 200 g/mol. The molecule has 80 valence electrons. The van der Waals surface area contributed by atoms with Crippen LogP contribution in [0.3, 0.4) is 0 Å². The van der Waals surface area contributed by atoms with Crippen molar-refractivity contribution >= 4 is 11.9 Å². The van der Waals surface area contributed by atoms with Crippen LogP contribution in [0.25, 0.3) is 0 Å². The van der Waals surface area contributed by atoms with E-state index in [-0.39, 0.29) is 5.91 Å². The van der Waals surface area contributed by atoms with Gasteiger partial charge in [0.1, 0.15) is 0 Å². The zero-order valence-corrected chi connectivity index (χ0v) is 8.46. The van der Waals surface area contributed by atoms with Gasteiger partial charge in [-0.3, -0.25) is 4.79 Å². The fourth-order valence-corrected chi connectivity index (χ4v) is 0.742. The number of amides is 1. The molecule has 0 atom stereocenters. The number of nitrogens with one attached hydrogen (secondary N) is 2. The van der Waals surface area contributed by atoms with Gasteiger partial charge in [0.15, 0.2) is 0 Å². The summed E-state index contributed by atoms with van der Waals surface area (Å²) in [6, 6.07) is 0. The van der Waals surface area contributed by atoms with E-state index >= 15 is 0 Å². The Balaban J connectivity index is 3.42. The summed E-state index contributed by atoms with van der Waals surface area (Å²) in [4.78, 5) is 20.8. The molecule has 0 bridgehead atoms. The SMILES string of the molecule is CC(=O)NCCNC/C=C(/C)C(=O)O. The van der Waals surface area contributed by atoms with Crippen molar-refractivity contribution < 1.29 is 14.7 Å². The second kappa shape index (κ2) is 7.08. The summed E-state index contributed by atoms with van der Waals surface area (Å²) in [5.41, 5.74) is 0.317. The highest BCUT2D eigenvalue weighted by Crippen LogP contribution is 1.89. The van der Waals surface area contributed by atoms with E-state index in [2.05, 4.69) is 10.6 Å². The lowest BCUT2D eigenvalue weighted by molar-refractivity contribution is -0.132. The molecule has 0 fully saturated rings. The molecule has 5 nitrogen and oxygen atoms in total. The minimum absolute atomic E-state index is 0.0657. The quantitative estimate of drug-likeness (QED) is 0.408. The van der Waals surface area contributed by atoms with Crippen LogP contribution in [-0.4, -0.2) is 36.6 Å². The number of hydrogen-bond acceptors (Lipinski definition) is 3. The van der Waals surface area contributed by atoms with E-state index in [1.165, 1.54) is 13.8 Å². The third-order valence-corrected chi connectivity index (χ3v) is 1.57. The zero-order chi connectivity index (χ0) is 11.0. The zero-order valence-electron chi connectivity index (χ0n) is 8.46. The summed E-state index contributed by atoms with van der Waals surface area (Å²) in [6.45, 7) is 4.67. The fourth-order valence-electron chi connectivity index (χ4n) is 0.742. The van der Waals surface area contributed by atoms with Crippen molar-refractivity contribution in [2.75, 3.05) is 19.6 Å². The highest BCUT2D eigenvalue weighted by atomic mass is 16.4. The highest BCUT2D eigenvalue weighted by Gasteiger charge is 1.97. The van der Waals surface area contributed by atoms with Crippen LogP contribution in [-0.2, 0) is 9.59 Å². The maximum Gasteiger partial charge on any atom is 0.330 e. The van der Waals surface area contributed by atoms with E-state index in [0.29, 0.717) is 25.2 Å². The normalized spacial score (nSPS) is 11.1. The first kappa shape index (κ1) is 12.6. The van der Waals surface area contributed by atoms with Crippen molar-refractivity contribution in [1.29, 1.82) is 0 Å². The minimum atomic E-state index is -0.909. The number of carbonyl (C=O) groups excluding carboxylic acids is 1. The first-order valence-corrected chi connectivity index (χ1v) is 4.39. The van der Waals surface area contributed by atoms with Crippen molar-refractivity contribution in [3.05, 3.63) is 11.6 Å². The number of hydrogen-bond donors (Lipinski definition) is 3. The number of carboxylic acids is 1. The van der Waals surface area contributed by atoms with E-state index in [1.54, 1.807) is 6.08 Å². The van der Waals surface area contributed by atoms with Crippen LogP contribution in [0, 0.1) is 0 Å². The van der Waals surface area contributed by atoms with Crippen LogP contribution < -0.4 is 10.6 Å². The van der Waals surface area contributed by atoms with Gasteiger partial charge >= 0.3 is 5.97 Å². The average Bonchev–Trinajstić information content (AvgIpc) is 2.09. The lowest BCUT2D eigenvalue weighted by Gasteiger charge is -2.02. The molecular weight excluding hydrogens is 184 g/mol. The fraction of sp³-hybridized carbons (Fsp3) is 0.556. The molecule has 5 heteroatoms. The monoisotopic (exact) mass is 200 g/mol. The molecule has 1 amide bonds. The molecule has 0 radical (unpaired) electrons. The van der Waals surface area contributed by atoms with E-state index in [9.17, 15) is 9.59 Å². The van der Waals surface area contributed by atoms with Crippen molar-refractivity contribution in [3.8, 4) is 0 Å². The van der Waals surface area contributed by atoms with Crippen molar-refractivity contribution in [2.24, 2.45) is 0 Å². The Labute approximate surface area is 83.2 Å². The molecule has 0 aliphatic rings. The molecule has 0 saturated carbocycles. The Morgan fingerprint density at radius 1 is 1.29 bits per heavy atom. The molecule has 0 unspecified atom stereocenters. The molecule has 0 aromatic rings. The molecule has 3 N–H and O–H groups in total. The number of aliphatic carboxylic acids is 1. The van der Waals surface area contributed by atoms with Crippen LogP contribution in [0.4, 0.5) is 0 Å². The molecule has 0 rings (SSSR count). The van der Waals surface area contributed by atoms with Gasteiger partial charge in [0, 0.05) is 32.1 Å². The summed E-state index contributed by atoms with van der Waals surface area (Å²) in [5, 5.41) is 14.1. The van der Waals surface area contributed by atoms with Gasteiger partial charge in [0.05, 0.1) is 0 Å². The summed E-state index contributed by atoms with van der Waals surface area (Å²) >= 11 is 0. The van der Waals surface area contributed by atoms with Gasteiger partial charge in [0.25, 0.3) is 0 Å². The maximum atomic E-state index is 10.4. The number of rotatable bonds is 6. The van der Waals surface area contributed by atoms with Crippen LogP contribution in [0.5, 0.6) is 0 Å². The third kappa shape index (κ3) is 7.30. The number of carboxylic acid groups (broad SMARTS) is 1. The second-order valence-electron chi connectivity index (χ2n) is 2.88. The molecular formula is C9H16N2O3. The van der Waals surface area contributed by atoms with Crippen molar-refractivity contribution in [3.63, 3.8) is 0 Å². The van der Waals surface area contributed by atoms with E-state index in [4.69, 9.17) is 5.11 Å². The molecule has 0 saturated heterocycles. The van der Waals surface area contributed by atoms with E-state index in [0.717, 1.165) is 0 Å². The molecule has 0 aromatic heterocycles. The lowest BCUT2D eigenvalue weighted by Crippen LogP contribution is -2.30. The second-order valence-corrected chi connectivity index (χ2v) is 2.88. The Morgan fingerprint density at radius 2 is 1.93 bits per heavy atom. The smallest absolute Gasteiger partial charge is 0.330 e. The maximum absolute atomic E-state index is 10.4. The molecule has 0 aliphatic heterocycles. The largest absolute Gasteiger partial charge is 0.478 e. The first-order valence-electron chi connectivity index (χ1n) is 4.39. The Kier molecular flexibility index (Phi) is 6.39. The van der Waals surface area contributed by atoms with Crippen molar-refractivity contribution in [1.82, 2.24) is 10.6 Å². The Hall–Kier alpha value is -1.36. The highest BCUT2D eigenvalue weighted by molar-refractivity contribution is 5.85. The van der Waals surface area contributed by atoms with Crippen molar-refractivity contribution in [2.45, 2.75) is 13.8 Å². The van der Waals surface area contributed by atoms with E-state index in [1.807, 2.05) is 0 Å². The Morgan fingerprint density at radius 3 is 2.43 bits per heavy atom. The van der Waals surface area contributed by atoms with E-state index < -0.39 is 5.97 Å². The van der Waals surface area contributed by atoms with Gasteiger partial charge < -0.3 is 15.7 Å². The van der Waals surface area contributed by atoms with Gasteiger partial charge in [-0.05, 0) is 6.92 Å². The van der Waals surface area contributed by atoms with Gasteiger partial charge in [-0.2, -0.15) is 0 Å². The molecule has 0 spiro atoms. The first-order chi connectivity index (χ1) is 6.54. The summed E-state index contributed by atoms with van der Waals surface area (Å²) in [5.74, 6) is -0.974. The van der Waals surface area contributed by atoms with Gasteiger partial charge in [-0.15, -0.1) is 0 Å². The van der Waals surface area contributed by atoms with Crippen LogP contribution in [0.15, 0.2) is 11.6 Å². The van der Waals surface area contributed by atoms with Crippen LogP contribution in [0.2, 0.25) is 0 Å². The molecule has 0 heterocycles. The lowest BCUT2D eigenvalue weighted by atomic mass is 10.3. The topological polar surface area (TPSA) is 78.4 Å². The third-order valence-electron chi connectivity index (χ3n) is 1.57. The minimum Gasteiger partial charge on any atom is -0.478 e. The predicted octanol–water partition coefficient (Wildman–Crippen LogP) is -0.257. The van der Waals surface area contributed by atoms with Crippen LogP contribution in [0.1, 0.15) is 13.8 Å². The Bertz CT molecular complexity index is 236. The van der Waals surface area contributed by atoms with Gasteiger partial charge in [-0.25, -0.2) is 4.79 Å². The standard InChI is InChI=1S/C9H16N2O3/c1-7(9(13)14)3-4-10-5-6-11-8(2)12/h3,10H,4-6H2,1-2H3,(H,11,12)(H,13,14)/b7-3-. The van der Waals surface area contributed by atoms with Gasteiger partial charge in [0.2, 0.25) is 5.91 Å².